The molecule has 5 rings (SSSR count). The average molecular weight is 1800 g/mol. The standard InChI is InChI=1S/C17H24N2O3S.C12H14N2O4S.C9H18N2O2S.C8H8O2.2C7H6O3.3C6H13NO2.2CH5N.H2O4S/c1-11-7-5-6-8-12(11)15(20)19-13(9-10-14(18)23)16(21)22-17(2,3)4;13-10(19)6-5-8(12(17)18)14-11(16)7-3-1-2-4-9(7)15;1-9(2,3)13-8(12)6(10)4-5-7(11)14;1-6-4-2-3-5-7(6)8(9)10;2*8-6-4-2-1-3-5(6)7(9)10;3*1-6(2,3)9-5(8)7-4;2*1-2;1-5(2,3)4/h5-8,13H,9-10H2,1-4H3,(H2,18,23)(H,19,20);1-4,8,15H,5-6H2,(H2,13,19)(H,14,16)(H,17,18);6H,4-5,10H2,1-3H3,(H2,11,14);2-5H,1H3,(H,9,10);2*1-4,8H,(H,9,10);3*1-4H3,(H,7,8);2*2H2,1H3;(H2,1,2,3,4). The van der Waals surface area contributed by atoms with Gasteiger partial charge in [0, 0.05) is 39.5 Å². The van der Waals surface area contributed by atoms with Crippen molar-refractivity contribution in [3.63, 3.8) is 0 Å². The number of carbonyl (C=O) groups is 11. The molecule has 0 radical (unpaired) electrons. The number of hydrogen-bond donors (Lipinski definition) is 20. The van der Waals surface area contributed by atoms with Crippen LogP contribution in [0.2, 0.25) is 0 Å². The Labute approximate surface area is 729 Å². The molecule has 38 nitrogen and oxygen atoms in total. The van der Waals surface area contributed by atoms with Crippen LogP contribution in [0.5, 0.6) is 17.2 Å². The number of rotatable bonds is 19. The summed E-state index contributed by atoms with van der Waals surface area (Å²) < 4.78 is 56.5. The minimum Gasteiger partial charge on any atom is -0.507 e. The van der Waals surface area contributed by atoms with Crippen molar-refractivity contribution in [1.82, 2.24) is 26.6 Å². The SMILES string of the molecule is CC(C)(C)OC(=O)C(N)CCC(N)=S.CN.CN.CNC(=O)OC(C)(C)C.CNC(=O)OC(C)(C)C.CNC(=O)OC(C)(C)C.Cc1ccccc1C(=O)NC(CCC(N)=S)C(=O)OC(C)(C)C.Cc1ccccc1C(=O)O.NC(=S)CCC(NC(=O)c1ccccc1O)C(=O)O.O=C(O)c1ccccc1O.O=C(O)c1ccccc1O.O=S(=O)(O)O. The lowest BCUT2D eigenvalue weighted by molar-refractivity contribution is -0.158. The molecule has 5 aromatic carbocycles. The minimum absolute atomic E-state index is 0.0177. The molecule has 0 aliphatic rings. The number of para-hydroxylation sites is 3. The van der Waals surface area contributed by atoms with Crippen molar-refractivity contribution in [3.05, 3.63) is 160 Å². The predicted molar refractivity (Wildman–Crippen MR) is 476 cm³/mol. The number of nitrogens with two attached hydrogens (primary N) is 6. The van der Waals surface area contributed by atoms with E-state index < -0.39 is 81.4 Å². The monoisotopic (exact) mass is 1800 g/mol. The second kappa shape index (κ2) is 64.4. The zero-order valence-corrected chi connectivity index (χ0v) is 76.3. The van der Waals surface area contributed by atoms with Crippen molar-refractivity contribution in [3.8, 4) is 17.2 Å². The van der Waals surface area contributed by atoms with Gasteiger partial charge < -0.3 is 120 Å². The summed E-state index contributed by atoms with van der Waals surface area (Å²) in [6.45, 7) is 30.7. The van der Waals surface area contributed by atoms with Crippen LogP contribution in [0.3, 0.4) is 0 Å². The number of aryl methyl sites for hydroxylation is 2. The second-order valence-corrected chi connectivity index (χ2v) is 31.3. The van der Waals surface area contributed by atoms with Gasteiger partial charge in [0.2, 0.25) is 0 Å². The summed E-state index contributed by atoms with van der Waals surface area (Å²) in [7, 11) is 2.94. The van der Waals surface area contributed by atoms with Gasteiger partial charge in [-0.1, -0.05) is 109 Å². The highest BCUT2D eigenvalue weighted by Crippen LogP contribution is 2.19. The molecular formula is C80H127N11O27S4. The van der Waals surface area contributed by atoms with E-state index in [1.807, 2.05) is 87.4 Å². The van der Waals surface area contributed by atoms with Crippen molar-refractivity contribution in [2.45, 2.75) is 202 Å². The van der Waals surface area contributed by atoms with E-state index in [0.717, 1.165) is 11.1 Å². The molecule has 26 N–H and O–H groups in total. The van der Waals surface area contributed by atoms with Crippen LogP contribution in [0.4, 0.5) is 14.4 Å². The molecule has 0 spiro atoms. The van der Waals surface area contributed by atoms with Crippen LogP contribution in [0.15, 0.2) is 121 Å². The van der Waals surface area contributed by atoms with E-state index in [2.05, 4.69) is 62.5 Å². The number of carbonyl (C=O) groups excluding carboxylic acids is 7. The number of aromatic carboxylic acids is 3. The van der Waals surface area contributed by atoms with E-state index in [1.165, 1.54) is 71.6 Å². The zero-order chi connectivity index (χ0) is 97.0. The Morgan fingerprint density at radius 3 is 0.836 bits per heavy atom. The van der Waals surface area contributed by atoms with E-state index in [0.29, 0.717) is 46.8 Å². The summed E-state index contributed by atoms with van der Waals surface area (Å²) in [5.41, 5.74) is 30.8. The molecule has 0 aliphatic heterocycles. The fraction of sp³-hybridized carbons (Fsp3) is 0.450. The predicted octanol–water partition coefficient (Wildman–Crippen LogP) is 9.66. The van der Waals surface area contributed by atoms with Gasteiger partial charge in [-0.3, -0.25) is 23.5 Å². The summed E-state index contributed by atoms with van der Waals surface area (Å²) in [5.74, 6) is -6.75. The molecule has 42 heteroatoms. The van der Waals surface area contributed by atoms with E-state index in [-0.39, 0.29) is 92.8 Å². The van der Waals surface area contributed by atoms with Gasteiger partial charge in [-0.2, -0.15) is 8.42 Å². The first-order valence-electron chi connectivity index (χ1n) is 36.4. The molecule has 122 heavy (non-hydrogen) atoms. The number of aliphatic carboxylic acids is 1. The Morgan fingerprint density at radius 2 is 0.607 bits per heavy atom. The maximum atomic E-state index is 12.4. The maximum absolute atomic E-state index is 12.4. The molecule has 3 atom stereocenters. The van der Waals surface area contributed by atoms with Crippen LogP contribution < -0.4 is 61.0 Å². The van der Waals surface area contributed by atoms with Gasteiger partial charge in [-0.05, 0) is 217 Å². The van der Waals surface area contributed by atoms with Crippen LogP contribution >= 0.6 is 36.7 Å². The van der Waals surface area contributed by atoms with E-state index in [9.17, 15) is 57.8 Å². The third-order valence-electron chi connectivity index (χ3n) is 12.4. The second-order valence-electron chi connectivity index (χ2n) is 28.9. The molecule has 3 unspecified atom stereocenters. The maximum Gasteiger partial charge on any atom is 0.407 e. The summed E-state index contributed by atoms with van der Waals surface area (Å²) in [6, 6.07) is 29.1. The van der Waals surface area contributed by atoms with Gasteiger partial charge in [0.15, 0.2) is 0 Å². The minimum atomic E-state index is -4.67. The number of alkyl carbamates (subject to hydrolysis) is 3. The summed E-state index contributed by atoms with van der Waals surface area (Å²) in [6.07, 6.45) is 0.722. The molecular weight excluding hydrogens is 1680 g/mol. The first-order valence-corrected chi connectivity index (χ1v) is 39.0. The smallest absolute Gasteiger partial charge is 0.407 e. The van der Waals surface area contributed by atoms with Crippen LogP contribution in [0.1, 0.15) is 205 Å². The van der Waals surface area contributed by atoms with Gasteiger partial charge in [0.25, 0.3) is 11.8 Å². The fourth-order valence-electron chi connectivity index (χ4n) is 7.32. The van der Waals surface area contributed by atoms with Crippen molar-refractivity contribution < 1.29 is 130 Å². The summed E-state index contributed by atoms with van der Waals surface area (Å²) in [4.78, 5) is 122. The Morgan fingerprint density at radius 1 is 0.377 bits per heavy atom. The molecule has 0 aromatic heterocycles. The third kappa shape index (κ3) is 74.8. The molecule has 0 aliphatic carbocycles. The molecule has 0 fully saturated rings. The number of amides is 5. The molecule has 688 valence electrons. The van der Waals surface area contributed by atoms with Crippen LogP contribution in [-0.2, 0) is 48.5 Å². The van der Waals surface area contributed by atoms with Crippen molar-refractivity contribution in [2.24, 2.45) is 34.4 Å². The number of hydrogen-bond acceptors (Lipinski definition) is 27. The first-order chi connectivity index (χ1) is 55.7. The Bertz CT molecular complexity index is 3970. The number of nitrogens with one attached hydrogen (secondary N) is 5. The quantitative estimate of drug-likeness (QED) is 0.0158. The van der Waals surface area contributed by atoms with Gasteiger partial charge in [0.1, 0.15) is 74.5 Å². The van der Waals surface area contributed by atoms with Gasteiger partial charge in [0.05, 0.1) is 26.1 Å². The van der Waals surface area contributed by atoms with Crippen LogP contribution in [0.25, 0.3) is 0 Å². The van der Waals surface area contributed by atoms with Gasteiger partial charge in [-0.15, -0.1) is 0 Å². The topological polar surface area (TPSA) is 666 Å². The number of benzene rings is 5. The molecule has 0 heterocycles. The molecule has 5 amide bonds. The highest BCUT2D eigenvalue weighted by atomic mass is 32.3. The lowest BCUT2D eigenvalue weighted by Crippen LogP contribution is -2.44. The van der Waals surface area contributed by atoms with Crippen molar-refractivity contribution >= 4 is 128 Å². The van der Waals surface area contributed by atoms with Crippen molar-refractivity contribution in [2.75, 3.05) is 35.2 Å². The number of aromatic hydroxyl groups is 3. The number of carboxylic acids is 4. The number of ether oxygens (including phenoxy) is 5. The highest BCUT2D eigenvalue weighted by Gasteiger charge is 2.29. The van der Waals surface area contributed by atoms with Crippen LogP contribution in [0, 0.1) is 13.8 Å². The van der Waals surface area contributed by atoms with Gasteiger partial charge in [-0.25, -0.2) is 38.4 Å². The molecule has 0 saturated carbocycles. The molecule has 5 aromatic rings. The summed E-state index contributed by atoms with van der Waals surface area (Å²) >= 11 is 14.2. The average Bonchev–Trinajstić information content (AvgIpc) is 0.856. The third-order valence-corrected chi connectivity index (χ3v) is 13.0. The fourth-order valence-corrected chi connectivity index (χ4v) is 7.67. The molecule has 0 saturated heterocycles. The summed E-state index contributed by atoms with van der Waals surface area (Å²) in [5, 5.41) is 73.8. The lowest BCUT2D eigenvalue weighted by Gasteiger charge is -2.24. The molecule has 0 bridgehead atoms. The van der Waals surface area contributed by atoms with E-state index in [1.54, 1.807) is 115 Å². The van der Waals surface area contributed by atoms with E-state index >= 15 is 0 Å². The Kier molecular flexibility index (Phi) is 65.3. The van der Waals surface area contributed by atoms with E-state index in [4.69, 9.17) is 107 Å². The van der Waals surface area contributed by atoms with Crippen molar-refractivity contribution in [1.29, 1.82) is 0 Å². The number of esters is 2. The highest BCUT2D eigenvalue weighted by molar-refractivity contribution is 7.80. The number of phenols is 3. The first kappa shape index (κ1) is 124. The number of carboxylic acid groups (broad SMARTS) is 4. The lowest BCUT2D eigenvalue weighted by atomic mass is 10.1. The largest absolute Gasteiger partial charge is 0.507 e. The normalized spacial score (nSPS) is 10.9. The number of phenolic OH excluding ortho intramolecular Hbond substituents is 1. The van der Waals surface area contributed by atoms with Crippen LogP contribution in [-0.4, -0.2) is 216 Å². The Hall–Kier alpha value is -11.5. The Balaban J connectivity index is -0.000000246. The zero-order valence-electron chi connectivity index (χ0n) is 73.0. The number of thiocarbonyl (C=S) groups is 3. The van der Waals surface area contributed by atoms with Gasteiger partial charge >= 0.3 is 64.5 Å².